The first-order valence-electron chi connectivity index (χ1n) is 4.89. The summed E-state index contributed by atoms with van der Waals surface area (Å²) in [5.41, 5.74) is 1.97. The van der Waals surface area contributed by atoms with Gasteiger partial charge in [-0.3, -0.25) is 9.78 Å². The average molecular weight is 201 g/mol. The van der Waals surface area contributed by atoms with Crippen LogP contribution in [0, 0.1) is 18.3 Å². The molecule has 1 saturated heterocycles. The number of nitriles is 1. The van der Waals surface area contributed by atoms with Crippen molar-refractivity contribution in [3.05, 3.63) is 23.5 Å². The highest BCUT2D eigenvalue weighted by Gasteiger charge is 2.22. The summed E-state index contributed by atoms with van der Waals surface area (Å²) in [6.45, 7) is 2.52. The number of amides is 1. The Hall–Kier alpha value is -1.89. The van der Waals surface area contributed by atoms with E-state index < -0.39 is 0 Å². The van der Waals surface area contributed by atoms with Crippen LogP contribution in [-0.4, -0.2) is 17.4 Å². The maximum Gasteiger partial charge on any atom is 0.227 e. The van der Waals surface area contributed by atoms with Crippen molar-refractivity contribution in [3.8, 4) is 6.07 Å². The summed E-state index contributed by atoms with van der Waals surface area (Å²) < 4.78 is 0. The molecule has 0 saturated carbocycles. The molecule has 1 aromatic heterocycles. The van der Waals surface area contributed by atoms with Crippen LogP contribution in [0.15, 0.2) is 12.3 Å². The van der Waals surface area contributed by atoms with Crippen molar-refractivity contribution in [3.63, 3.8) is 0 Å². The zero-order valence-electron chi connectivity index (χ0n) is 8.53. The summed E-state index contributed by atoms with van der Waals surface area (Å²) in [6.07, 6.45) is 3.13. The van der Waals surface area contributed by atoms with Gasteiger partial charge in [-0.25, -0.2) is 0 Å². The minimum Gasteiger partial charge on any atom is -0.311 e. The van der Waals surface area contributed by atoms with E-state index in [0.717, 1.165) is 18.7 Å². The molecule has 0 aromatic carbocycles. The predicted octanol–water partition coefficient (Wildman–Crippen LogP) is 1.39. The van der Waals surface area contributed by atoms with E-state index in [1.807, 2.05) is 0 Å². The molecule has 1 aliphatic heterocycles. The van der Waals surface area contributed by atoms with Gasteiger partial charge in [0.15, 0.2) is 0 Å². The predicted molar refractivity (Wildman–Crippen MR) is 55.3 cm³/mol. The second-order valence-electron chi connectivity index (χ2n) is 3.59. The standard InChI is InChI=1S/C11H11N3O/c1-8-9(6-12)5-10(7-13-8)14-4-2-3-11(14)15/h5,7H,2-4H2,1H3. The minimum absolute atomic E-state index is 0.115. The lowest BCUT2D eigenvalue weighted by molar-refractivity contribution is -0.117. The third-order valence-corrected chi connectivity index (χ3v) is 2.58. The van der Waals surface area contributed by atoms with Gasteiger partial charge in [0.1, 0.15) is 6.07 Å². The van der Waals surface area contributed by atoms with E-state index in [-0.39, 0.29) is 5.91 Å². The van der Waals surface area contributed by atoms with Crippen molar-refractivity contribution in [1.82, 2.24) is 4.98 Å². The third-order valence-electron chi connectivity index (χ3n) is 2.58. The van der Waals surface area contributed by atoms with Gasteiger partial charge >= 0.3 is 0 Å². The number of carbonyl (C=O) groups excluding carboxylic acids is 1. The molecular formula is C11H11N3O. The van der Waals surface area contributed by atoms with Crippen molar-refractivity contribution in [1.29, 1.82) is 5.26 Å². The number of anilines is 1. The van der Waals surface area contributed by atoms with Crippen molar-refractivity contribution in [2.24, 2.45) is 0 Å². The highest BCUT2D eigenvalue weighted by Crippen LogP contribution is 2.22. The van der Waals surface area contributed by atoms with Crippen LogP contribution in [0.4, 0.5) is 5.69 Å². The Morgan fingerprint density at radius 3 is 3.00 bits per heavy atom. The monoisotopic (exact) mass is 201 g/mol. The van der Waals surface area contributed by atoms with Crippen LogP contribution in [0.1, 0.15) is 24.1 Å². The van der Waals surface area contributed by atoms with E-state index in [0.29, 0.717) is 17.7 Å². The Morgan fingerprint density at radius 2 is 2.40 bits per heavy atom. The molecule has 2 rings (SSSR count). The van der Waals surface area contributed by atoms with Crippen LogP contribution in [-0.2, 0) is 4.79 Å². The van der Waals surface area contributed by atoms with Crippen LogP contribution in [0.25, 0.3) is 0 Å². The van der Waals surface area contributed by atoms with Crippen molar-refractivity contribution >= 4 is 11.6 Å². The lowest BCUT2D eigenvalue weighted by atomic mass is 10.2. The first-order valence-corrected chi connectivity index (χ1v) is 4.89. The molecule has 0 aliphatic carbocycles. The molecule has 2 heterocycles. The fourth-order valence-electron chi connectivity index (χ4n) is 1.70. The van der Waals surface area contributed by atoms with E-state index in [2.05, 4.69) is 11.1 Å². The molecule has 0 N–H and O–H groups in total. The lowest BCUT2D eigenvalue weighted by Crippen LogP contribution is -2.23. The topological polar surface area (TPSA) is 57.0 Å². The molecule has 4 nitrogen and oxygen atoms in total. The van der Waals surface area contributed by atoms with Gasteiger partial charge in [-0.15, -0.1) is 0 Å². The maximum absolute atomic E-state index is 11.5. The molecule has 1 fully saturated rings. The second kappa shape index (κ2) is 3.70. The summed E-state index contributed by atoms with van der Waals surface area (Å²) in [5, 5.41) is 8.86. The van der Waals surface area contributed by atoms with Gasteiger partial charge in [0.05, 0.1) is 23.1 Å². The number of aromatic nitrogens is 1. The molecule has 76 valence electrons. The fraction of sp³-hybridized carbons (Fsp3) is 0.364. The van der Waals surface area contributed by atoms with E-state index >= 15 is 0 Å². The quantitative estimate of drug-likeness (QED) is 0.689. The number of aryl methyl sites for hydroxylation is 1. The Morgan fingerprint density at radius 1 is 1.60 bits per heavy atom. The average Bonchev–Trinajstić information content (AvgIpc) is 2.65. The molecule has 4 heteroatoms. The van der Waals surface area contributed by atoms with Crippen LogP contribution < -0.4 is 4.90 Å². The summed E-state index contributed by atoms with van der Waals surface area (Å²) in [7, 11) is 0. The Bertz CT molecular complexity index is 448. The van der Waals surface area contributed by atoms with E-state index in [1.54, 1.807) is 24.1 Å². The first kappa shape index (κ1) is 9.66. The van der Waals surface area contributed by atoms with E-state index in [4.69, 9.17) is 5.26 Å². The van der Waals surface area contributed by atoms with Crippen molar-refractivity contribution in [2.45, 2.75) is 19.8 Å². The summed E-state index contributed by atoms with van der Waals surface area (Å²) in [4.78, 5) is 17.3. The molecule has 1 aliphatic rings. The molecule has 0 unspecified atom stereocenters. The zero-order chi connectivity index (χ0) is 10.8. The summed E-state index contributed by atoms with van der Waals surface area (Å²) in [5.74, 6) is 0.115. The Kier molecular flexibility index (Phi) is 2.38. The van der Waals surface area contributed by atoms with Gasteiger partial charge in [-0.2, -0.15) is 5.26 Å². The van der Waals surface area contributed by atoms with E-state index in [9.17, 15) is 4.79 Å². The summed E-state index contributed by atoms with van der Waals surface area (Å²) in [6, 6.07) is 3.80. The molecular weight excluding hydrogens is 190 g/mol. The number of hydrogen-bond donors (Lipinski definition) is 0. The highest BCUT2D eigenvalue weighted by molar-refractivity contribution is 5.95. The van der Waals surface area contributed by atoms with E-state index in [1.165, 1.54) is 0 Å². The second-order valence-corrected chi connectivity index (χ2v) is 3.59. The van der Waals surface area contributed by atoms with Gasteiger partial charge in [0.2, 0.25) is 5.91 Å². The molecule has 0 atom stereocenters. The third kappa shape index (κ3) is 1.68. The van der Waals surface area contributed by atoms with Crippen molar-refractivity contribution in [2.75, 3.05) is 11.4 Å². The lowest BCUT2D eigenvalue weighted by Gasteiger charge is -2.15. The molecule has 0 radical (unpaired) electrons. The minimum atomic E-state index is 0.115. The van der Waals surface area contributed by atoms with Gasteiger partial charge in [-0.05, 0) is 19.4 Å². The van der Waals surface area contributed by atoms with Crippen LogP contribution in [0.2, 0.25) is 0 Å². The number of rotatable bonds is 1. The summed E-state index contributed by atoms with van der Waals surface area (Å²) >= 11 is 0. The van der Waals surface area contributed by atoms with Crippen LogP contribution >= 0.6 is 0 Å². The van der Waals surface area contributed by atoms with Crippen LogP contribution in [0.5, 0.6) is 0 Å². The molecule has 0 bridgehead atoms. The van der Waals surface area contributed by atoms with Gasteiger partial charge < -0.3 is 4.90 Å². The maximum atomic E-state index is 11.5. The molecule has 1 amide bonds. The number of carbonyl (C=O) groups is 1. The molecule has 15 heavy (non-hydrogen) atoms. The van der Waals surface area contributed by atoms with Crippen LogP contribution in [0.3, 0.4) is 0 Å². The largest absolute Gasteiger partial charge is 0.311 e. The Balaban J connectivity index is 2.37. The SMILES string of the molecule is Cc1ncc(N2CCCC2=O)cc1C#N. The number of hydrogen-bond acceptors (Lipinski definition) is 3. The number of nitrogens with zero attached hydrogens (tertiary/aromatic N) is 3. The number of pyridine rings is 1. The smallest absolute Gasteiger partial charge is 0.227 e. The van der Waals surface area contributed by atoms with Crippen molar-refractivity contribution < 1.29 is 4.79 Å². The van der Waals surface area contributed by atoms with Gasteiger partial charge in [-0.1, -0.05) is 0 Å². The first-order chi connectivity index (χ1) is 7.22. The zero-order valence-corrected chi connectivity index (χ0v) is 8.53. The van der Waals surface area contributed by atoms with Gasteiger partial charge in [0.25, 0.3) is 0 Å². The Labute approximate surface area is 88.1 Å². The normalized spacial score (nSPS) is 15.5. The fourth-order valence-corrected chi connectivity index (χ4v) is 1.70. The highest BCUT2D eigenvalue weighted by atomic mass is 16.2. The van der Waals surface area contributed by atoms with Gasteiger partial charge in [0, 0.05) is 13.0 Å². The molecule has 1 aromatic rings. The molecule has 0 spiro atoms.